The lowest BCUT2D eigenvalue weighted by atomic mass is 10.2. The predicted octanol–water partition coefficient (Wildman–Crippen LogP) is 2.53. The molecule has 4 rings (SSSR count). The average molecular weight is 395 g/mol. The first-order valence-corrected chi connectivity index (χ1v) is 10.1. The average Bonchev–Trinajstić information content (AvgIpc) is 3.35. The predicted molar refractivity (Wildman–Crippen MR) is 107 cm³/mol. The Hall–Kier alpha value is -2.78. The lowest BCUT2D eigenvalue weighted by Crippen LogP contribution is -2.03. The Balaban J connectivity index is 1.47. The fourth-order valence-electron chi connectivity index (χ4n) is 2.89. The summed E-state index contributed by atoms with van der Waals surface area (Å²) in [4.78, 5) is 8.85. The molecule has 0 bridgehead atoms. The van der Waals surface area contributed by atoms with Crippen LogP contribution in [-0.4, -0.2) is 46.5 Å². The summed E-state index contributed by atoms with van der Waals surface area (Å²) in [5, 5.41) is 23.6. The van der Waals surface area contributed by atoms with Gasteiger partial charge in [0.25, 0.3) is 0 Å². The van der Waals surface area contributed by atoms with Gasteiger partial charge in [-0.2, -0.15) is 5.10 Å². The van der Waals surface area contributed by atoms with Crippen molar-refractivity contribution >= 4 is 22.8 Å². The van der Waals surface area contributed by atoms with E-state index in [2.05, 4.69) is 37.5 Å². The van der Waals surface area contributed by atoms with Crippen molar-refractivity contribution in [3.8, 4) is 0 Å². The molecule has 0 unspecified atom stereocenters. The molecule has 0 atom stereocenters. The summed E-state index contributed by atoms with van der Waals surface area (Å²) >= 11 is 1.68. The van der Waals surface area contributed by atoms with Crippen LogP contribution in [0.1, 0.15) is 24.1 Å². The molecule has 3 aromatic heterocycles. The third kappa shape index (κ3) is 4.37. The minimum atomic E-state index is 0.200. The van der Waals surface area contributed by atoms with Crippen LogP contribution < -0.4 is 0 Å². The summed E-state index contributed by atoms with van der Waals surface area (Å²) in [6.07, 6.45) is 6.95. The number of thioether (sulfide) groups is 1. The molecule has 0 fully saturated rings. The topological polar surface area (TPSA) is 94.5 Å². The number of hydrogen-bond acceptors (Lipinski definition) is 7. The number of rotatable bonds is 9. The standard InChI is InChI=1S/C19H21N7OS/c27-9-5-4-8-25-11-16(23-24-25)12-26-18-17(10-22-26)19(21-14-20-18)28-13-15-6-2-1-3-7-15/h1-3,6-7,10-11,14,27H,4-5,8-9,12-13H2. The minimum Gasteiger partial charge on any atom is -0.396 e. The van der Waals surface area contributed by atoms with E-state index in [0.717, 1.165) is 46.9 Å². The second kappa shape index (κ2) is 8.94. The molecule has 0 saturated heterocycles. The van der Waals surface area contributed by atoms with E-state index in [4.69, 9.17) is 5.11 Å². The van der Waals surface area contributed by atoms with E-state index in [9.17, 15) is 0 Å². The number of unbranched alkanes of at least 4 members (excludes halogenated alkanes) is 1. The van der Waals surface area contributed by atoms with Crippen molar-refractivity contribution in [1.82, 2.24) is 34.7 Å². The van der Waals surface area contributed by atoms with Crippen molar-refractivity contribution in [2.24, 2.45) is 0 Å². The smallest absolute Gasteiger partial charge is 0.162 e. The van der Waals surface area contributed by atoms with Gasteiger partial charge in [0.1, 0.15) is 17.0 Å². The van der Waals surface area contributed by atoms with Crippen LogP contribution >= 0.6 is 11.8 Å². The fourth-order valence-corrected chi connectivity index (χ4v) is 3.80. The van der Waals surface area contributed by atoms with Gasteiger partial charge in [0, 0.05) is 18.9 Å². The van der Waals surface area contributed by atoms with Crippen LogP contribution in [0.25, 0.3) is 11.0 Å². The molecule has 144 valence electrons. The number of benzene rings is 1. The molecule has 0 aliphatic rings. The van der Waals surface area contributed by atoms with Gasteiger partial charge < -0.3 is 5.11 Å². The lowest BCUT2D eigenvalue weighted by Gasteiger charge is -2.03. The van der Waals surface area contributed by atoms with Crippen molar-refractivity contribution in [3.05, 3.63) is 60.3 Å². The third-order valence-electron chi connectivity index (χ3n) is 4.31. The Bertz CT molecular complexity index is 1030. The van der Waals surface area contributed by atoms with Gasteiger partial charge in [0.2, 0.25) is 0 Å². The quantitative estimate of drug-likeness (QED) is 0.264. The van der Waals surface area contributed by atoms with Crippen LogP contribution in [0.3, 0.4) is 0 Å². The third-order valence-corrected chi connectivity index (χ3v) is 5.39. The summed E-state index contributed by atoms with van der Waals surface area (Å²) in [6, 6.07) is 10.3. The van der Waals surface area contributed by atoms with Gasteiger partial charge in [0.05, 0.1) is 24.3 Å². The highest BCUT2D eigenvalue weighted by Crippen LogP contribution is 2.27. The Morgan fingerprint density at radius 1 is 1.07 bits per heavy atom. The van der Waals surface area contributed by atoms with Gasteiger partial charge in [-0.1, -0.05) is 35.5 Å². The van der Waals surface area contributed by atoms with Gasteiger partial charge in [-0.25, -0.2) is 14.6 Å². The van der Waals surface area contributed by atoms with E-state index >= 15 is 0 Å². The molecule has 0 saturated carbocycles. The Kier molecular flexibility index (Phi) is 5.93. The highest BCUT2D eigenvalue weighted by Gasteiger charge is 2.12. The highest BCUT2D eigenvalue weighted by molar-refractivity contribution is 7.98. The molecule has 8 nitrogen and oxygen atoms in total. The summed E-state index contributed by atoms with van der Waals surface area (Å²) in [5.41, 5.74) is 2.87. The summed E-state index contributed by atoms with van der Waals surface area (Å²) in [7, 11) is 0. The Morgan fingerprint density at radius 3 is 2.82 bits per heavy atom. The van der Waals surface area contributed by atoms with Gasteiger partial charge in [-0.15, -0.1) is 16.9 Å². The van der Waals surface area contributed by atoms with Crippen LogP contribution in [0.5, 0.6) is 0 Å². The second-order valence-electron chi connectivity index (χ2n) is 6.40. The summed E-state index contributed by atoms with van der Waals surface area (Å²) in [6.45, 7) is 1.45. The number of hydrogen-bond donors (Lipinski definition) is 1. The zero-order valence-corrected chi connectivity index (χ0v) is 16.2. The summed E-state index contributed by atoms with van der Waals surface area (Å²) in [5.74, 6) is 0.848. The normalized spacial score (nSPS) is 11.3. The van der Waals surface area contributed by atoms with Crippen LogP contribution in [-0.2, 0) is 18.8 Å². The molecule has 0 spiro atoms. The van der Waals surface area contributed by atoms with Crippen LogP contribution in [0.4, 0.5) is 0 Å². The van der Waals surface area contributed by atoms with E-state index in [-0.39, 0.29) is 6.61 Å². The Morgan fingerprint density at radius 2 is 1.96 bits per heavy atom. The van der Waals surface area contributed by atoms with Crippen LogP contribution in [0.2, 0.25) is 0 Å². The number of aliphatic hydroxyl groups is 1. The number of nitrogens with zero attached hydrogens (tertiary/aromatic N) is 7. The van der Waals surface area contributed by atoms with Crippen molar-refractivity contribution in [1.29, 1.82) is 0 Å². The fraction of sp³-hybridized carbons (Fsp3) is 0.316. The zero-order chi connectivity index (χ0) is 19.2. The summed E-state index contributed by atoms with van der Waals surface area (Å²) < 4.78 is 3.62. The molecule has 0 aliphatic heterocycles. The molecule has 0 amide bonds. The molecule has 1 aromatic carbocycles. The first-order valence-electron chi connectivity index (χ1n) is 9.16. The van der Waals surface area contributed by atoms with Gasteiger partial charge >= 0.3 is 0 Å². The lowest BCUT2D eigenvalue weighted by molar-refractivity contribution is 0.280. The molecule has 0 radical (unpaired) electrons. The maximum Gasteiger partial charge on any atom is 0.162 e. The highest BCUT2D eigenvalue weighted by atomic mass is 32.2. The molecular weight excluding hydrogens is 374 g/mol. The first-order chi connectivity index (χ1) is 13.8. The number of fused-ring (bicyclic) bond motifs is 1. The number of aromatic nitrogens is 7. The second-order valence-corrected chi connectivity index (χ2v) is 7.36. The van der Waals surface area contributed by atoms with Gasteiger partial charge in [-0.3, -0.25) is 4.68 Å². The van der Waals surface area contributed by atoms with E-state index in [1.807, 2.05) is 35.3 Å². The molecule has 1 N–H and O–H groups in total. The number of aryl methyl sites for hydroxylation is 1. The van der Waals surface area contributed by atoms with Crippen molar-refractivity contribution < 1.29 is 5.11 Å². The van der Waals surface area contributed by atoms with E-state index in [1.165, 1.54) is 5.56 Å². The van der Waals surface area contributed by atoms with Crippen molar-refractivity contribution in [3.63, 3.8) is 0 Å². The molecular formula is C19H21N7OS. The minimum absolute atomic E-state index is 0.200. The van der Waals surface area contributed by atoms with E-state index < -0.39 is 0 Å². The molecule has 3 heterocycles. The van der Waals surface area contributed by atoms with Crippen LogP contribution in [0, 0.1) is 0 Å². The Labute approximate surface area is 166 Å². The maximum atomic E-state index is 8.88. The van der Waals surface area contributed by atoms with Crippen molar-refractivity contribution in [2.75, 3.05) is 6.61 Å². The van der Waals surface area contributed by atoms with Crippen LogP contribution in [0.15, 0.2) is 54.1 Å². The SMILES string of the molecule is OCCCCn1cc(Cn2ncc3c(SCc4ccccc4)ncnc32)nn1. The number of aliphatic hydroxyl groups excluding tert-OH is 1. The molecule has 9 heteroatoms. The first kappa shape index (κ1) is 18.6. The largest absolute Gasteiger partial charge is 0.396 e. The molecule has 4 aromatic rings. The monoisotopic (exact) mass is 395 g/mol. The van der Waals surface area contributed by atoms with Gasteiger partial charge in [-0.05, 0) is 18.4 Å². The van der Waals surface area contributed by atoms with Crippen molar-refractivity contribution in [2.45, 2.75) is 36.7 Å². The molecule has 0 aliphatic carbocycles. The van der Waals surface area contributed by atoms with E-state index in [1.54, 1.807) is 22.8 Å². The maximum absolute atomic E-state index is 8.88. The van der Waals surface area contributed by atoms with Gasteiger partial charge in [0.15, 0.2) is 5.65 Å². The zero-order valence-electron chi connectivity index (χ0n) is 15.3. The van der Waals surface area contributed by atoms with E-state index in [0.29, 0.717) is 6.54 Å². The molecule has 28 heavy (non-hydrogen) atoms.